The fraction of sp³-hybridized carbons (Fsp3) is 0.375. The van der Waals surface area contributed by atoms with Gasteiger partial charge < -0.3 is 4.74 Å². The van der Waals surface area contributed by atoms with Crippen LogP contribution in [0.2, 0.25) is 0 Å². The van der Waals surface area contributed by atoms with Gasteiger partial charge in [0.05, 0.1) is 12.8 Å². The van der Waals surface area contributed by atoms with Crippen LogP contribution in [0.5, 0.6) is 0 Å². The van der Waals surface area contributed by atoms with E-state index in [1.54, 1.807) is 6.20 Å². The Balaban J connectivity index is 3.11. The van der Waals surface area contributed by atoms with Gasteiger partial charge in [0, 0.05) is 6.20 Å². The Morgan fingerprint density at radius 1 is 1.69 bits per heavy atom. The SMILES string of the molecule is CCc1cnc(Br)c(C(=O)OC)n1. The van der Waals surface area contributed by atoms with Crippen LogP contribution in [0.25, 0.3) is 0 Å². The Labute approximate surface area is 84.5 Å². The van der Waals surface area contributed by atoms with Crippen molar-refractivity contribution in [3.05, 3.63) is 22.2 Å². The summed E-state index contributed by atoms with van der Waals surface area (Å²) in [5, 5.41) is 0. The molecule has 0 amide bonds. The van der Waals surface area contributed by atoms with Gasteiger partial charge in [-0.1, -0.05) is 6.92 Å². The highest BCUT2D eigenvalue weighted by Gasteiger charge is 2.13. The number of hydrogen-bond donors (Lipinski definition) is 0. The van der Waals surface area contributed by atoms with Crippen LogP contribution in [0, 0.1) is 0 Å². The van der Waals surface area contributed by atoms with Crippen LogP contribution in [0.3, 0.4) is 0 Å². The molecule has 0 saturated carbocycles. The van der Waals surface area contributed by atoms with E-state index in [9.17, 15) is 4.79 Å². The van der Waals surface area contributed by atoms with Crippen LogP contribution in [-0.4, -0.2) is 23.0 Å². The molecule has 1 aromatic heterocycles. The van der Waals surface area contributed by atoms with Crippen molar-refractivity contribution in [1.82, 2.24) is 9.97 Å². The molecule has 0 aliphatic heterocycles. The number of hydrogen-bond acceptors (Lipinski definition) is 4. The normalized spacial score (nSPS) is 9.77. The van der Waals surface area contributed by atoms with Gasteiger partial charge in [-0.2, -0.15) is 0 Å². The van der Waals surface area contributed by atoms with E-state index in [-0.39, 0.29) is 5.69 Å². The summed E-state index contributed by atoms with van der Waals surface area (Å²) in [6.07, 6.45) is 2.36. The predicted octanol–water partition coefficient (Wildman–Crippen LogP) is 1.59. The third kappa shape index (κ3) is 2.24. The number of carbonyl (C=O) groups is 1. The van der Waals surface area contributed by atoms with Crippen LogP contribution < -0.4 is 0 Å². The maximum atomic E-state index is 11.1. The lowest BCUT2D eigenvalue weighted by Gasteiger charge is -2.02. The third-order valence-electron chi connectivity index (χ3n) is 1.52. The number of aromatic nitrogens is 2. The second kappa shape index (κ2) is 4.32. The van der Waals surface area contributed by atoms with Gasteiger partial charge in [0.25, 0.3) is 0 Å². The standard InChI is InChI=1S/C8H9BrN2O2/c1-3-5-4-10-7(9)6(11-5)8(12)13-2/h4H,3H2,1-2H3. The molecule has 0 aliphatic carbocycles. The molecular formula is C8H9BrN2O2. The van der Waals surface area contributed by atoms with Gasteiger partial charge in [-0.05, 0) is 22.4 Å². The topological polar surface area (TPSA) is 52.1 Å². The molecule has 0 atom stereocenters. The van der Waals surface area contributed by atoms with E-state index in [0.717, 1.165) is 12.1 Å². The molecule has 1 aromatic rings. The fourth-order valence-corrected chi connectivity index (χ4v) is 1.16. The number of aryl methyl sites for hydroxylation is 1. The maximum absolute atomic E-state index is 11.1. The third-order valence-corrected chi connectivity index (χ3v) is 2.10. The Bertz CT molecular complexity index is 328. The van der Waals surface area contributed by atoms with Crippen molar-refractivity contribution in [3.63, 3.8) is 0 Å². The lowest BCUT2D eigenvalue weighted by Crippen LogP contribution is -2.08. The first-order valence-corrected chi connectivity index (χ1v) is 4.58. The summed E-state index contributed by atoms with van der Waals surface area (Å²) in [7, 11) is 1.31. The second-order valence-electron chi connectivity index (χ2n) is 2.35. The quantitative estimate of drug-likeness (QED) is 0.742. The van der Waals surface area contributed by atoms with Gasteiger partial charge in [-0.15, -0.1) is 0 Å². The van der Waals surface area contributed by atoms with E-state index >= 15 is 0 Å². The largest absolute Gasteiger partial charge is 0.464 e. The van der Waals surface area contributed by atoms with E-state index in [0.29, 0.717) is 4.60 Å². The predicted molar refractivity (Wildman–Crippen MR) is 50.4 cm³/mol. The molecule has 0 N–H and O–H groups in total. The van der Waals surface area contributed by atoms with Crippen LogP contribution in [0.15, 0.2) is 10.8 Å². The molecule has 0 aliphatic rings. The first-order valence-electron chi connectivity index (χ1n) is 3.78. The second-order valence-corrected chi connectivity index (χ2v) is 3.10. The fourth-order valence-electron chi connectivity index (χ4n) is 0.808. The molecule has 70 valence electrons. The van der Waals surface area contributed by atoms with Crippen molar-refractivity contribution in [2.45, 2.75) is 13.3 Å². The summed E-state index contributed by atoms with van der Waals surface area (Å²) in [5.41, 5.74) is 0.991. The monoisotopic (exact) mass is 244 g/mol. The molecule has 1 heterocycles. The summed E-state index contributed by atoms with van der Waals surface area (Å²) >= 11 is 3.13. The number of ether oxygens (including phenoxy) is 1. The van der Waals surface area contributed by atoms with Gasteiger partial charge >= 0.3 is 5.97 Å². The summed E-state index contributed by atoms with van der Waals surface area (Å²) in [6, 6.07) is 0. The van der Waals surface area contributed by atoms with E-state index < -0.39 is 5.97 Å². The summed E-state index contributed by atoms with van der Waals surface area (Å²) in [6.45, 7) is 1.94. The van der Waals surface area contributed by atoms with Crippen LogP contribution in [-0.2, 0) is 11.2 Å². The van der Waals surface area contributed by atoms with Gasteiger partial charge in [0.1, 0.15) is 4.60 Å². The van der Waals surface area contributed by atoms with Crippen molar-refractivity contribution >= 4 is 21.9 Å². The van der Waals surface area contributed by atoms with Crippen molar-refractivity contribution in [1.29, 1.82) is 0 Å². The average molecular weight is 245 g/mol. The van der Waals surface area contributed by atoms with Gasteiger partial charge in [0.15, 0.2) is 5.69 Å². The van der Waals surface area contributed by atoms with Crippen molar-refractivity contribution in [2.75, 3.05) is 7.11 Å². The maximum Gasteiger partial charge on any atom is 0.359 e. The minimum atomic E-state index is -0.477. The highest BCUT2D eigenvalue weighted by molar-refractivity contribution is 9.10. The molecular weight excluding hydrogens is 236 g/mol. The Kier molecular flexibility index (Phi) is 3.36. The minimum absolute atomic E-state index is 0.224. The highest BCUT2D eigenvalue weighted by atomic mass is 79.9. The van der Waals surface area contributed by atoms with Crippen LogP contribution in [0.1, 0.15) is 23.1 Å². The Morgan fingerprint density at radius 3 is 2.92 bits per heavy atom. The summed E-state index contributed by atoms with van der Waals surface area (Å²) in [5.74, 6) is -0.477. The highest BCUT2D eigenvalue weighted by Crippen LogP contribution is 2.12. The molecule has 0 bridgehead atoms. The van der Waals surface area contributed by atoms with Crippen LogP contribution in [0.4, 0.5) is 0 Å². The summed E-state index contributed by atoms with van der Waals surface area (Å²) in [4.78, 5) is 19.2. The van der Waals surface area contributed by atoms with Gasteiger partial charge in [-0.3, -0.25) is 0 Å². The average Bonchev–Trinajstić information content (AvgIpc) is 2.17. The van der Waals surface area contributed by atoms with Crippen LogP contribution >= 0.6 is 15.9 Å². The Morgan fingerprint density at radius 2 is 2.38 bits per heavy atom. The molecule has 0 saturated heterocycles. The van der Waals surface area contributed by atoms with E-state index in [1.807, 2.05) is 6.92 Å². The molecule has 4 nitrogen and oxygen atoms in total. The zero-order chi connectivity index (χ0) is 9.84. The molecule has 0 fully saturated rings. The number of halogens is 1. The number of rotatable bonds is 2. The molecule has 13 heavy (non-hydrogen) atoms. The van der Waals surface area contributed by atoms with Crippen molar-refractivity contribution < 1.29 is 9.53 Å². The Hall–Kier alpha value is -0.970. The summed E-state index contributed by atoms with van der Waals surface area (Å²) < 4.78 is 4.96. The molecule has 1 rings (SSSR count). The number of esters is 1. The van der Waals surface area contributed by atoms with Gasteiger partial charge in [-0.25, -0.2) is 14.8 Å². The molecule has 0 unspecified atom stereocenters. The lowest BCUT2D eigenvalue weighted by atomic mass is 10.3. The number of nitrogens with zero attached hydrogens (tertiary/aromatic N) is 2. The number of methoxy groups -OCH3 is 1. The zero-order valence-corrected chi connectivity index (χ0v) is 8.96. The minimum Gasteiger partial charge on any atom is -0.464 e. The molecule has 5 heteroatoms. The molecule has 0 aromatic carbocycles. The van der Waals surface area contributed by atoms with E-state index in [4.69, 9.17) is 0 Å². The number of carbonyl (C=O) groups excluding carboxylic acids is 1. The molecule has 0 spiro atoms. The van der Waals surface area contributed by atoms with Crippen molar-refractivity contribution in [3.8, 4) is 0 Å². The molecule has 0 radical (unpaired) electrons. The smallest absolute Gasteiger partial charge is 0.359 e. The van der Waals surface area contributed by atoms with E-state index in [2.05, 4.69) is 30.6 Å². The van der Waals surface area contributed by atoms with E-state index in [1.165, 1.54) is 7.11 Å². The lowest BCUT2D eigenvalue weighted by molar-refractivity contribution is 0.0592. The first-order chi connectivity index (χ1) is 6.19. The first kappa shape index (κ1) is 10.1. The zero-order valence-electron chi connectivity index (χ0n) is 7.37. The van der Waals surface area contributed by atoms with Crippen molar-refractivity contribution in [2.24, 2.45) is 0 Å². The van der Waals surface area contributed by atoms with Gasteiger partial charge in [0.2, 0.25) is 0 Å².